The average molecular weight is 309 g/mol. The molecule has 1 atom stereocenters. The molecule has 112 valence electrons. The van der Waals surface area contributed by atoms with Crippen LogP contribution in [0.4, 0.5) is 4.39 Å². The molecule has 2 aromatic rings. The molecule has 5 heteroatoms. The Morgan fingerprint density at radius 1 is 1.19 bits per heavy atom. The van der Waals surface area contributed by atoms with Crippen molar-refractivity contribution in [2.24, 2.45) is 5.84 Å². The van der Waals surface area contributed by atoms with Crippen molar-refractivity contribution in [1.82, 2.24) is 5.43 Å². The van der Waals surface area contributed by atoms with Gasteiger partial charge in [0.05, 0.1) is 12.1 Å². The molecular formula is C16H18ClFN2O. The van der Waals surface area contributed by atoms with E-state index in [9.17, 15) is 4.39 Å². The molecule has 0 aliphatic rings. The fraction of sp³-hybridized carbons (Fsp3) is 0.250. The largest absolute Gasteiger partial charge is 0.497 e. The fourth-order valence-electron chi connectivity index (χ4n) is 2.23. The molecule has 0 fully saturated rings. The number of rotatable bonds is 6. The van der Waals surface area contributed by atoms with Crippen LogP contribution in [0.1, 0.15) is 11.1 Å². The Balaban J connectivity index is 2.07. The van der Waals surface area contributed by atoms with E-state index in [-0.39, 0.29) is 11.1 Å². The molecule has 3 N–H and O–H groups in total. The van der Waals surface area contributed by atoms with Gasteiger partial charge in [-0.2, -0.15) is 0 Å². The predicted octanol–water partition coefficient (Wildman–Crippen LogP) is 3.10. The van der Waals surface area contributed by atoms with Crippen molar-refractivity contribution in [2.45, 2.75) is 18.9 Å². The third-order valence-electron chi connectivity index (χ3n) is 3.32. The highest BCUT2D eigenvalue weighted by molar-refractivity contribution is 6.30. The summed E-state index contributed by atoms with van der Waals surface area (Å²) in [5.74, 6) is 6.00. The van der Waals surface area contributed by atoms with Gasteiger partial charge in [-0.05, 0) is 48.2 Å². The second-order valence-corrected chi connectivity index (χ2v) is 5.28. The molecule has 21 heavy (non-hydrogen) atoms. The van der Waals surface area contributed by atoms with Crippen molar-refractivity contribution in [1.29, 1.82) is 0 Å². The van der Waals surface area contributed by atoms with Gasteiger partial charge in [0.2, 0.25) is 0 Å². The van der Waals surface area contributed by atoms with E-state index in [0.717, 1.165) is 23.3 Å². The Hall–Kier alpha value is -1.62. The van der Waals surface area contributed by atoms with Crippen LogP contribution in [0.5, 0.6) is 5.75 Å². The number of hydrazine groups is 1. The van der Waals surface area contributed by atoms with Crippen molar-refractivity contribution < 1.29 is 9.13 Å². The Morgan fingerprint density at radius 2 is 1.90 bits per heavy atom. The average Bonchev–Trinajstić information content (AvgIpc) is 2.50. The highest BCUT2D eigenvalue weighted by Crippen LogP contribution is 2.18. The summed E-state index contributed by atoms with van der Waals surface area (Å²) >= 11 is 5.69. The van der Waals surface area contributed by atoms with Crippen molar-refractivity contribution in [2.75, 3.05) is 7.11 Å². The molecule has 0 bridgehead atoms. The third kappa shape index (κ3) is 4.43. The summed E-state index contributed by atoms with van der Waals surface area (Å²) in [6, 6.07) is 12.6. The van der Waals surface area contributed by atoms with Crippen molar-refractivity contribution in [3.05, 3.63) is 64.4 Å². The van der Waals surface area contributed by atoms with E-state index in [2.05, 4.69) is 5.43 Å². The van der Waals surface area contributed by atoms with Gasteiger partial charge >= 0.3 is 0 Å². The molecule has 0 spiro atoms. The predicted molar refractivity (Wildman–Crippen MR) is 82.9 cm³/mol. The number of ether oxygens (including phenoxy) is 1. The van der Waals surface area contributed by atoms with E-state index < -0.39 is 5.82 Å². The van der Waals surface area contributed by atoms with Gasteiger partial charge in [-0.1, -0.05) is 29.8 Å². The molecule has 0 radical (unpaired) electrons. The van der Waals surface area contributed by atoms with Crippen LogP contribution in [0.15, 0.2) is 42.5 Å². The van der Waals surface area contributed by atoms with Crippen LogP contribution in [0.2, 0.25) is 5.02 Å². The Morgan fingerprint density at radius 3 is 2.52 bits per heavy atom. The smallest absolute Gasteiger partial charge is 0.142 e. The van der Waals surface area contributed by atoms with Crippen molar-refractivity contribution in [3.8, 4) is 5.75 Å². The molecule has 0 amide bonds. The molecule has 2 aromatic carbocycles. The topological polar surface area (TPSA) is 47.3 Å². The minimum absolute atomic E-state index is 0.00215. The molecular weight excluding hydrogens is 291 g/mol. The summed E-state index contributed by atoms with van der Waals surface area (Å²) in [6.07, 6.45) is 1.33. The Kier molecular flexibility index (Phi) is 5.56. The van der Waals surface area contributed by atoms with Gasteiger partial charge in [0.25, 0.3) is 0 Å². The van der Waals surface area contributed by atoms with Crippen LogP contribution in [0.25, 0.3) is 0 Å². The fourth-order valence-corrected chi connectivity index (χ4v) is 2.34. The maximum atomic E-state index is 13.5. The van der Waals surface area contributed by atoms with E-state index in [1.165, 1.54) is 6.07 Å². The highest BCUT2D eigenvalue weighted by Gasteiger charge is 2.11. The molecule has 0 aliphatic heterocycles. The van der Waals surface area contributed by atoms with Gasteiger partial charge in [-0.15, -0.1) is 0 Å². The first-order chi connectivity index (χ1) is 10.1. The lowest BCUT2D eigenvalue weighted by Gasteiger charge is -2.16. The van der Waals surface area contributed by atoms with Gasteiger partial charge < -0.3 is 4.74 Å². The van der Waals surface area contributed by atoms with Gasteiger partial charge in [-0.25, -0.2) is 4.39 Å². The normalized spacial score (nSPS) is 12.2. The second kappa shape index (κ2) is 7.41. The van der Waals surface area contributed by atoms with E-state index in [4.69, 9.17) is 22.2 Å². The van der Waals surface area contributed by atoms with Crippen LogP contribution < -0.4 is 16.0 Å². The Bertz CT molecular complexity index is 607. The number of hydrogen-bond donors (Lipinski definition) is 2. The van der Waals surface area contributed by atoms with Crippen molar-refractivity contribution >= 4 is 11.6 Å². The summed E-state index contributed by atoms with van der Waals surface area (Å²) in [5.41, 5.74) is 4.73. The molecule has 0 heterocycles. The van der Waals surface area contributed by atoms with Gasteiger partial charge in [0.1, 0.15) is 11.6 Å². The van der Waals surface area contributed by atoms with Gasteiger partial charge in [0.15, 0.2) is 0 Å². The standard InChI is InChI=1S/C16H18ClFN2O/c1-21-14-4-2-3-11(9-14)7-13(20-19)8-12-5-6-15(17)16(18)10-12/h2-6,9-10,13,20H,7-8,19H2,1H3. The lowest BCUT2D eigenvalue weighted by molar-refractivity contribution is 0.413. The molecule has 0 aromatic heterocycles. The van der Waals surface area contributed by atoms with Crippen LogP contribution in [-0.4, -0.2) is 13.2 Å². The lowest BCUT2D eigenvalue weighted by Crippen LogP contribution is -2.38. The minimum atomic E-state index is -0.411. The van der Waals surface area contributed by atoms with Gasteiger partial charge in [0, 0.05) is 6.04 Å². The Labute approximate surface area is 128 Å². The minimum Gasteiger partial charge on any atom is -0.497 e. The van der Waals surface area contributed by atoms with E-state index in [1.54, 1.807) is 19.2 Å². The summed E-state index contributed by atoms with van der Waals surface area (Å²) < 4.78 is 18.7. The van der Waals surface area contributed by atoms with Crippen LogP contribution in [0, 0.1) is 5.82 Å². The quantitative estimate of drug-likeness (QED) is 0.637. The van der Waals surface area contributed by atoms with E-state index >= 15 is 0 Å². The number of nitrogens with two attached hydrogens (primary N) is 1. The molecule has 1 unspecified atom stereocenters. The molecule has 3 nitrogen and oxygen atoms in total. The molecule has 0 saturated heterocycles. The first kappa shape index (κ1) is 15.8. The summed E-state index contributed by atoms with van der Waals surface area (Å²) in [5, 5.41) is 0.129. The van der Waals surface area contributed by atoms with Crippen LogP contribution >= 0.6 is 11.6 Å². The summed E-state index contributed by atoms with van der Waals surface area (Å²) in [7, 11) is 1.63. The SMILES string of the molecule is COc1cccc(CC(Cc2ccc(Cl)c(F)c2)NN)c1. The zero-order chi connectivity index (χ0) is 15.2. The number of halogens is 2. The lowest BCUT2D eigenvalue weighted by atomic mass is 9.99. The zero-order valence-corrected chi connectivity index (χ0v) is 12.5. The van der Waals surface area contributed by atoms with Crippen LogP contribution in [-0.2, 0) is 12.8 Å². The van der Waals surface area contributed by atoms with E-state index in [1.807, 2.05) is 24.3 Å². The summed E-state index contributed by atoms with van der Waals surface area (Å²) in [4.78, 5) is 0. The first-order valence-electron chi connectivity index (χ1n) is 6.65. The molecule has 0 aliphatic carbocycles. The highest BCUT2D eigenvalue weighted by atomic mass is 35.5. The van der Waals surface area contributed by atoms with Gasteiger partial charge in [-0.3, -0.25) is 11.3 Å². The third-order valence-corrected chi connectivity index (χ3v) is 3.62. The number of hydrogen-bond acceptors (Lipinski definition) is 3. The molecule has 0 saturated carbocycles. The van der Waals surface area contributed by atoms with Crippen molar-refractivity contribution in [3.63, 3.8) is 0 Å². The zero-order valence-electron chi connectivity index (χ0n) is 11.8. The maximum absolute atomic E-state index is 13.5. The number of methoxy groups -OCH3 is 1. The summed E-state index contributed by atoms with van der Waals surface area (Å²) in [6.45, 7) is 0. The number of benzene rings is 2. The first-order valence-corrected chi connectivity index (χ1v) is 7.03. The molecule has 2 rings (SSSR count). The maximum Gasteiger partial charge on any atom is 0.142 e. The van der Waals surface area contributed by atoms with Crippen LogP contribution in [0.3, 0.4) is 0 Å². The number of nitrogens with one attached hydrogen (secondary N) is 1. The second-order valence-electron chi connectivity index (χ2n) is 4.87. The van der Waals surface area contributed by atoms with E-state index in [0.29, 0.717) is 6.42 Å². The monoisotopic (exact) mass is 308 g/mol.